The van der Waals surface area contributed by atoms with E-state index in [1.54, 1.807) is 31.4 Å². The van der Waals surface area contributed by atoms with Crippen molar-refractivity contribution in [2.75, 3.05) is 24.1 Å². The van der Waals surface area contributed by atoms with Crippen LogP contribution >= 0.6 is 0 Å². The lowest BCUT2D eigenvalue weighted by Crippen LogP contribution is -2.31. The molecular weight excluding hydrogens is 364 g/mol. The normalized spacial score (nSPS) is 11.0. The van der Waals surface area contributed by atoms with E-state index in [0.717, 1.165) is 25.0 Å². The van der Waals surface area contributed by atoms with Gasteiger partial charge in [-0.15, -0.1) is 0 Å². The second-order valence-corrected chi connectivity index (χ2v) is 8.03. The number of rotatable bonds is 11. The quantitative estimate of drug-likeness (QED) is 0.578. The third-order valence-corrected chi connectivity index (χ3v) is 5.31. The van der Waals surface area contributed by atoms with E-state index in [-0.39, 0.29) is 18.2 Å². The van der Waals surface area contributed by atoms with Crippen LogP contribution in [0.25, 0.3) is 0 Å². The first-order valence-corrected chi connectivity index (χ1v) is 10.6. The molecule has 0 aromatic heterocycles. The monoisotopic (exact) mass is 390 g/mol. The first-order chi connectivity index (χ1) is 13.0. The molecule has 1 amide bonds. The first kappa shape index (κ1) is 20.8. The van der Waals surface area contributed by atoms with Crippen molar-refractivity contribution in [1.82, 2.24) is 5.32 Å². The molecule has 2 aromatic carbocycles. The van der Waals surface area contributed by atoms with E-state index in [1.165, 1.54) is 5.56 Å². The van der Waals surface area contributed by atoms with Crippen LogP contribution in [0.4, 0.5) is 5.69 Å². The average molecular weight is 391 g/mol. The van der Waals surface area contributed by atoms with Crippen LogP contribution < -0.4 is 14.8 Å². The Morgan fingerprint density at radius 2 is 1.70 bits per heavy atom. The maximum atomic E-state index is 12.0. The number of carbonyl (C=O) groups excluding carboxylic acids is 1. The standard InChI is InChI=1S/C20H26N2O4S/c1-26-19-13-11-17(12-14-19)7-5-6-10-20(23)21-15-16-27(24,25)22-18-8-3-2-4-9-18/h2-4,8-9,11-14,22H,5-7,10,15-16H2,1H3,(H,21,23). The summed E-state index contributed by atoms with van der Waals surface area (Å²) in [5.74, 6) is 0.550. The number of aryl methyl sites for hydroxylation is 1. The summed E-state index contributed by atoms with van der Waals surface area (Å²) < 4.78 is 31.5. The van der Waals surface area contributed by atoms with Crippen molar-refractivity contribution in [2.45, 2.75) is 25.7 Å². The van der Waals surface area contributed by atoms with E-state index >= 15 is 0 Å². The Labute approximate surface area is 161 Å². The molecule has 0 aliphatic heterocycles. The summed E-state index contributed by atoms with van der Waals surface area (Å²) in [6.07, 6.45) is 2.94. The van der Waals surface area contributed by atoms with Crippen LogP contribution in [0.3, 0.4) is 0 Å². The molecule has 0 spiro atoms. The third kappa shape index (κ3) is 8.13. The van der Waals surface area contributed by atoms with Gasteiger partial charge in [-0.1, -0.05) is 30.3 Å². The zero-order valence-electron chi connectivity index (χ0n) is 15.5. The Hall–Kier alpha value is -2.54. The molecule has 2 aromatic rings. The van der Waals surface area contributed by atoms with Gasteiger partial charge in [0.1, 0.15) is 5.75 Å². The Morgan fingerprint density at radius 1 is 1.00 bits per heavy atom. The number of sulfonamides is 1. The van der Waals surface area contributed by atoms with E-state index in [1.807, 2.05) is 30.3 Å². The van der Waals surface area contributed by atoms with Crippen molar-refractivity contribution < 1.29 is 17.9 Å². The molecule has 27 heavy (non-hydrogen) atoms. The smallest absolute Gasteiger partial charge is 0.234 e. The molecule has 0 heterocycles. The Morgan fingerprint density at radius 3 is 2.37 bits per heavy atom. The number of amides is 1. The summed E-state index contributed by atoms with van der Waals surface area (Å²) in [5.41, 5.74) is 1.72. The van der Waals surface area contributed by atoms with Crippen LogP contribution in [0, 0.1) is 0 Å². The fraction of sp³-hybridized carbons (Fsp3) is 0.350. The highest BCUT2D eigenvalue weighted by molar-refractivity contribution is 7.92. The summed E-state index contributed by atoms with van der Waals surface area (Å²) in [4.78, 5) is 11.8. The summed E-state index contributed by atoms with van der Waals surface area (Å²) in [5, 5.41) is 2.66. The Balaban J connectivity index is 1.60. The minimum atomic E-state index is -3.47. The van der Waals surface area contributed by atoms with Gasteiger partial charge < -0.3 is 10.1 Å². The van der Waals surface area contributed by atoms with Gasteiger partial charge in [0, 0.05) is 18.7 Å². The minimum absolute atomic E-state index is 0.0967. The van der Waals surface area contributed by atoms with E-state index in [9.17, 15) is 13.2 Å². The van der Waals surface area contributed by atoms with Crippen molar-refractivity contribution in [3.8, 4) is 5.75 Å². The highest BCUT2D eigenvalue weighted by Crippen LogP contribution is 2.13. The van der Waals surface area contributed by atoms with Gasteiger partial charge in [0.25, 0.3) is 0 Å². The average Bonchev–Trinajstić information content (AvgIpc) is 2.66. The van der Waals surface area contributed by atoms with Crippen molar-refractivity contribution >= 4 is 21.6 Å². The lowest BCUT2D eigenvalue weighted by Gasteiger charge is -2.09. The SMILES string of the molecule is COc1ccc(CCCCC(=O)NCCS(=O)(=O)Nc2ccccc2)cc1. The molecule has 0 bridgehead atoms. The first-order valence-electron chi connectivity index (χ1n) is 8.94. The Bertz CT molecular complexity index is 806. The van der Waals surface area contributed by atoms with Crippen LogP contribution in [0.1, 0.15) is 24.8 Å². The van der Waals surface area contributed by atoms with Gasteiger partial charge in [0.2, 0.25) is 15.9 Å². The number of anilines is 1. The van der Waals surface area contributed by atoms with Crippen molar-refractivity contribution in [3.05, 3.63) is 60.2 Å². The van der Waals surface area contributed by atoms with Gasteiger partial charge in [0.15, 0.2) is 0 Å². The van der Waals surface area contributed by atoms with E-state index in [0.29, 0.717) is 12.1 Å². The van der Waals surface area contributed by atoms with Gasteiger partial charge in [-0.2, -0.15) is 0 Å². The Kier molecular flexibility index (Phi) is 8.13. The number of unbranched alkanes of at least 4 members (excludes halogenated alkanes) is 1. The van der Waals surface area contributed by atoms with Crippen LogP contribution in [-0.4, -0.2) is 33.7 Å². The van der Waals surface area contributed by atoms with Gasteiger partial charge in [-0.05, 0) is 49.1 Å². The molecule has 0 saturated carbocycles. The minimum Gasteiger partial charge on any atom is -0.497 e. The maximum absolute atomic E-state index is 12.0. The largest absolute Gasteiger partial charge is 0.497 e. The zero-order valence-corrected chi connectivity index (χ0v) is 16.3. The molecule has 146 valence electrons. The predicted molar refractivity (Wildman–Crippen MR) is 107 cm³/mol. The van der Waals surface area contributed by atoms with Gasteiger partial charge >= 0.3 is 0 Å². The van der Waals surface area contributed by atoms with Crippen LogP contribution in [0.5, 0.6) is 5.75 Å². The van der Waals surface area contributed by atoms with E-state index in [4.69, 9.17) is 4.74 Å². The van der Waals surface area contributed by atoms with Crippen molar-refractivity contribution in [2.24, 2.45) is 0 Å². The zero-order chi connectivity index (χ0) is 19.5. The molecule has 6 nitrogen and oxygen atoms in total. The topological polar surface area (TPSA) is 84.5 Å². The van der Waals surface area contributed by atoms with Crippen molar-refractivity contribution in [1.29, 1.82) is 0 Å². The van der Waals surface area contributed by atoms with Crippen LogP contribution in [-0.2, 0) is 21.2 Å². The van der Waals surface area contributed by atoms with Crippen LogP contribution in [0.2, 0.25) is 0 Å². The highest BCUT2D eigenvalue weighted by atomic mass is 32.2. The van der Waals surface area contributed by atoms with Gasteiger partial charge in [0.05, 0.1) is 12.9 Å². The summed E-state index contributed by atoms with van der Waals surface area (Å²) in [7, 11) is -1.84. The van der Waals surface area contributed by atoms with E-state index < -0.39 is 10.0 Å². The summed E-state index contributed by atoms with van der Waals surface area (Å²) in [6.45, 7) is 0.0967. The molecule has 0 aliphatic rings. The number of nitrogens with one attached hydrogen (secondary N) is 2. The fourth-order valence-electron chi connectivity index (χ4n) is 2.56. The second kappa shape index (κ2) is 10.6. The maximum Gasteiger partial charge on any atom is 0.234 e. The number of para-hydroxylation sites is 1. The molecule has 2 rings (SSSR count). The molecule has 0 radical (unpaired) electrons. The summed E-state index contributed by atoms with van der Waals surface area (Å²) in [6, 6.07) is 16.6. The lowest BCUT2D eigenvalue weighted by atomic mass is 10.1. The molecule has 0 fully saturated rings. The van der Waals surface area contributed by atoms with Gasteiger partial charge in [-0.3, -0.25) is 9.52 Å². The summed E-state index contributed by atoms with van der Waals surface area (Å²) >= 11 is 0. The molecule has 2 N–H and O–H groups in total. The number of benzene rings is 2. The third-order valence-electron chi connectivity index (χ3n) is 4.02. The number of hydrogen-bond donors (Lipinski definition) is 2. The van der Waals surface area contributed by atoms with Crippen molar-refractivity contribution in [3.63, 3.8) is 0 Å². The number of methoxy groups -OCH3 is 1. The second-order valence-electron chi connectivity index (χ2n) is 6.19. The number of hydrogen-bond acceptors (Lipinski definition) is 4. The highest BCUT2D eigenvalue weighted by Gasteiger charge is 2.11. The fourth-order valence-corrected chi connectivity index (χ4v) is 3.52. The van der Waals surface area contributed by atoms with Gasteiger partial charge in [-0.25, -0.2) is 8.42 Å². The predicted octanol–water partition coefficient (Wildman–Crippen LogP) is 2.97. The molecule has 0 atom stereocenters. The van der Waals surface area contributed by atoms with Crippen LogP contribution in [0.15, 0.2) is 54.6 Å². The number of ether oxygens (including phenoxy) is 1. The number of carbonyl (C=O) groups is 1. The molecule has 7 heteroatoms. The molecule has 0 saturated heterocycles. The lowest BCUT2D eigenvalue weighted by molar-refractivity contribution is -0.121. The molecule has 0 aliphatic carbocycles. The molecule has 0 unspecified atom stereocenters. The molecular formula is C20H26N2O4S. The van der Waals surface area contributed by atoms with E-state index in [2.05, 4.69) is 10.0 Å².